The van der Waals surface area contributed by atoms with Crippen LogP contribution in [-0.2, 0) is 14.6 Å². The van der Waals surface area contributed by atoms with Crippen molar-refractivity contribution in [3.8, 4) is 0 Å². The molecule has 1 unspecified atom stereocenters. The average molecular weight is 500 g/mol. The van der Waals surface area contributed by atoms with Crippen LogP contribution in [0.5, 0.6) is 0 Å². The molecule has 9 heteroatoms. The molecule has 26 heavy (non-hydrogen) atoms. The molecule has 0 radical (unpaired) electrons. The van der Waals surface area contributed by atoms with Crippen LogP contribution in [0.2, 0.25) is 0 Å². The van der Waals surface area contributed by atoms with Crippen LogP contribution in [0.3, 0.4) is 0 Å². The lowest BCUT2D eigenvalue weighted by atomic mass is 10.1. The SMILES string of the molecule is CCNC(=NCC1CCS(=O)(=O)C1)NCCCN1CCCCCC1=O.I. The number of hydrogen-bond donors (Lipinski definition) is 2. The summed E-state index contributed by atoms with van der Waals surface area (Å²) in [5.74, 6) is 1.69. The van der Waals surface area contributed by atoms with Crippen molar-refractivity contribution in [2.45, 2.75) is 45.4 Å². The van der Waals surface area contributed by atoms with Crippen molar-refractivity contribution >= 4 is 45.7 Å². The van der Waals surface area contributed by atoms with Gasteiger partial charge >= 0.3 is 0 Å². The van der Waals surface area contributed by atoms with E-state index in [2.05, 4.69) is 15.6 Å². The quantitative estimate of drug-likeness (QED) is 0.239. The fraction of sp³-hybridized carbons (Fsp3) is 0.882. The second-order valence-electron chi connectivity index (χ2n) is 6.96. The molecule has 1 atom stereocenters. The van der Waals surface area contributed by atoms with Gasteiger partial charge in [0.1, 0.15) is 0 Å². The number of rotatable bonds is 7. The monoisotopic (exact) mass is 500 g/mol. The number of hydrogen-bond acceptors (Lipinski definition) is 4. The third-order valence-electron chi connectivity index (χ3n) is 4.75. The van der Waals surface area contributed by atoms with E-state index in [0.717, 1.165) is 57.8 Å². The highest BCUT2D eigenvalue weighted by atomic mass is 127. The summed E-state index contributed by atoms with van der Waals surface area (Å²) >= 11 is 0. The van der Waals surface area contributed by atoms with Gasteiger partial charge in [0.05, 0.1) is 11.5 Å². The molecule has 0 spiro atoms. The summed E-state index contributed by atoms with van der Waals surface area (Å²) in [6.45, 7) is 5.72. The number of carbonyl (C=O) groups is 1. The van der Waals surface area contributed by atoms with E-state index in [0.29, 0.717) is 25.1 Å². The number of sulfone groups is 1. The molecule has 2 fully saturated rings. The fourth-order valence-corrected chi connectivity index (χ4v) is 5.18. The first-order chi connectivity index (χ1) is 12.0. The van der Waals surface area contributed by atoms with Gasteiger partial charge in [-0.25, -0.2) is 8.42 Å². The van der Waals surface area contributed by atoms with Crippen molar-refractivity contribution < 1.29 is 13.2 Å². The van der Waals surface area contributed by atoms with Crippen molar-refractivity contribution in [2.24, 2.45) is 10.9 Å². The Morgan fingerprint density at radius 1 is 1.27 bits per heavy atom. The molecule has 0 bridgehead atoms. The fourth-order valence-electron chi connectivity index (χ4n) is 3.33. The minimum Gasteiger partial charge on any atom is -0.357 e. The van der Waals surface area contributed by atoms with Gasteiger partial charge in [0.15, 0.2) is 15.8 Å². The lowest BCUT2D eigenvalue weighted by Crippen LogP contribution is -2.39. The van der Waals surface area contributed by atoms with Crippen LogP contribution in [0.25, 0.3) is 0 Å². The molecule has 0 aromatic carbocycles. The summed E-state index contributed by atoms with van der Waals surface area (Å²) in [6.07, 6.45) is 5.54. The zero-order chi connectivity index (χ0) is 18.1. The minimum atomic E-state index is -2.84. The van der Waals surface area contributed by atoms with Crippen molar-refractivity contribution in [1.82, 2.24) is 15.5 Å². The molecule has 2 saturated heterocycles. The van der Waals surface area contributed by atoms with E-state index in [9.17, 15) is 13.2 Å². The molecule has 2 aliphatic rings. The normalized spacial score (nSPS) is 23.3. The molecule has 2 heterocycles. The van der Waals surface area contributed by atoms with Gasteiger partial charge in [-0.05, 0) is 38.5 Å². The Balaban J connectivity index is 0.00000338. The molecule has 7 nitrogen and oxygen atoms in total. The summed E-state index contributed by atoms with van der Waals surface area (Å²) in [5, 5.41) is 6.48. The Kier molecular flexibility index (Phi) is 10.8. The summed E-state index contributed by atoms with van der Waals surface area (Å²) in [7, 11) is -2.84. The largest absolute Gasteiger partial charge is 0.357 e. The molecule has 1 amide bonds. The van der Waals surface area contributed by atoms with Crippen LogP contribution < -0.4 is 10.6 Å². The van der Waals surface area contributed by atoms with Gasteiger partial charge in [0.2, 0.25) is 5.91 Å². The summed E-state index contributed by atoms with van der Waals surface area (Å²) in [5.41, 5.74) is 0. The zero-order valence-corrected chi connectivity index (χ0v) is 18.9. The Morgan fingerprint density at radius 2 is 2.08 bits per heavy atom. The molecule has 0 aromatic heterocycles. The highest BCUT2D eigenvalue weighted by Crippen LogP contribution is 2.18. The van der Waals surface area contributed by atoms with Crippen molar-refractivity contribution in [1.29, 1.82) is 0 Å². The molecule has 0 saturated carbocycles. The molecule has 152 valence electrons. The smallest absolute Gasteiger partial charge is 0.222 e. The van der Waals surface area contributed by atoms with Crippen molar-refractivity contribution in [3.05, 3.63) is 0 Å². The maximum absolute atomic E-state index is 12.0. The highest BCUT2D eigenvalue weighted by Gasteiger charge is 2.27. The van der Waals surface area contributed by atoms with E-state index in [-0.39, 0.29) is 41.6 Å². The van der Waals surface area contributed by atoms with E-state index in [1.54, 1.807) is 0 Å². The first kappa shape index (κ1) is 23.5. The Hall–Kier alpha value is -0.580. The summed E-state index contributed by atoms with van der Waals surface area (Å²) in [6, 6.07) is 0. The molecule has 0 aromatic rings. The first-order valence-electron chi connectivity index (χ1n) is 9.50. The number of halogens is 1. The number of amides is 1. The summed E-state index contributed by atoms with van der Waals surface area (Å²) in [4.78, 5) is 18.5. The predicted molar refractivity (Wildman–Crippen MR) is 116 cm³/mol. The maximum atomic E-state index is 12.0. The van der Waals surface area contributed by atoms with Gasteiger partial charge in [0.25, 0.3) is 0 Å². The van der Waals surface area contributed by atoms with Gasteiger partial charge in [-0.3, -0.25) is 9.79 Å². The third-order valence-corrected chi connectivity index (χ3v) is 6.58. The molecule has 0 aliphatic carbocycles. The molecule has 2 rings (SSSR count). The topological polar surface area (TPSA) is 90.9 Å². The van der Waals surface area contributed by atoms with E-state index in [1.807, 2.05) is 11.8 Å². The second kappa shape index (κ2) is 12.0. The lowest BCUT2D eigenvalue weighted by Gasteiger charge is -2.20. The number of guanidine groups is 1. The van der Waals surface area contributed by atoms with E-state index >= 15 is 0 Å². The zero-order valence-electron chi connectivity index (χ0n) is 15.7. The minimum absolute atomic E-state index is 0. The van der Waals surface area contributed by atoms with Crippen molar-refractivity contribution in [2.75, 3.05) is 44.2 Å². The van der Waals surface area contributed by atoms with Gasteiger partial charge in [-0.2, -0.15) is 0 Å². The second-order valence-corrected chi connectivity index (χ2v) is 9.19. The number of carbonyl (C=O) groups excluding carboxylic acids is 1. The highest BCUT2D eigenvalue weighted by molar-refractivity contribution is 14.0. The molecular formula is C17H33IN4O3S. The van der Waals surface area contributed by atoms with Crippen LogP contribution in [0.15, 0.2) is 4.99 Å². The first-order valence-corrected chi connectivity index (χ1v) is 11.3. The van der Waals surface area contributed by atoms with E-state index < -0.39 is 9.84 Å². The van der Waals surface area contributed by atoms with Crippen LogP contribution >= 0.6 is 24.0 Å². The van der Waals surface area contributed by atoms with Crippen LogP contribution in [0.1, 0.15) is 45.4 Å². The molecule has 2 N–H and O–H groups in total. The number of nitrogens with one attached hydrogen (secondary N) is 2. The van der Waals surface area contributed by atoms with Crippen LogP contribution in [0, 0.1) is 5.92 Å². The van der Waals surface area contributed by atoms with E-state index in [4.69, 9.17) is 0 Å². The average Bonchev–Trinajstić information content (AvgIpc) is 2.79. The molecule has 2 aliphatic heterocycles. The van der Waals surface area contributed by atoms with E-state index in [1.165, 1.54) is 0 Å². The summed E-state index contributed by atoms with van der Waals surface area (Å²) < 4.78 is 23.0. The Labute approximate surface area is 174 Å². The standard InChI is InChI=1S/C17H32N4O3S.HI/c1-2-18-17(20-13-15-8-12-25(23,24)14-15)19-9-6-11-21-10-5-3-4-7-16(21)22;/h15H,2-14H2,1H3,(H2,18,19,20);1H. The van der Waals surface area contributed by atoms with Gasteiger partial charge < -0.3 is 15.5 Å². The van der Waals surface area contributed by atoms with Crippen LogP contribution in [-0.4, -0.2) is 69.4 Å². The maximum Gasteiger partial charge on any atom is 0.222 e. The van der Waals surface area contributed by atoms with Gasteiger partial charge in [-0.1, -0.05) is 6.42 Å². The number of likely N-dealkylation sites (tertiary alicyclic amines) is 1. The Morgan fingerprint density at radius 3 is 2.77 bits per heavy atom. The predicted octanol–water partition coefficient (Wildman–Crippen LogP) is 1.39. The molecular weight excluding hydrogens is 467 g/mol. The number of aliphatic imine (C=N–C) groups is 1. The Bertz CT molecular complexity index is 568. The lowest BCUT2D eigenvalue weighted by molar-refractivity contribution is -0.130. The van der Waals surface area contributed by atoms with Gasteiger partial charge in [-0.15, -0.1) is 24.0 Å². The van der Waals surface area contributed by atoms with Gasteiger partial charge in [0, 0.05) is 39.1 Å². The number of nitrogens with zero attached hydrogens (tertiary/aromatic N) is 2. The van der Waals surface area contributed by atoms with Crippen LogP contribution in [0.4, 0.5) is 0 Å². The third kappa shape index (κ3) is 8.41. The van der Waals surface area contributed by atoms with Crippen molar-refractivity contribution in [3.63, 3.8) is 0 Å².